The second-order valence-corrected chi connectivity index (χ2v) is 7.53. The van der Waals surface area contributed by atoms with Crippen LogP contribution >= 0.6 is 0 Å². The normalized spacial score (nSPS) is 26.6. The summed E-state index contributed by atoms with van der Waals surface area (Å²) in [4.78, 5) is 2.60. The largest absolute Gasteiger partial charge is 0.396 e. The van der Waals surface area contributed by atoms with Gasteiger partial charge in [-0.15, -0.1) is 0 Å². The van der Waals surface area contributed by atoms with Gasteiger partial charge >= 0.3 is 0 Å². The lowest BCUT2D eigenvalue weighted by Crippen LogP contribution is -2.38. The molecule has 0 amide bonds. The fourth-order valence-electron chi connectivity index (χ4n) is 3.92. The Bertz CT molecular complexity index is 311. The summed E-state index contributed by atoms with van der Waals surface area (Å²) in [6, 6.07) is 0. The summed E-state index contributed by atoms with van der Waals surface area (Å²) in [6.45, 7) is 6.07. The lowest BCUT2D eigenvalue weighted by molar-refractivity contribution is 0.115. The topological polar surface area (TPSA) is 76.0 Å². The maximum Gasteiger partial charge on any atom is 0.0562 e. The average Bonchev–Trinajstić information content (AvgIpc) is 3.26. The Morgan fingerprint density at radius 3 is 2.48 bits per heavy atom. The fourth-order valence-corrected chi connectivity index (χ4v) is 3.92. The molecule has 3 unspecified atom stereocenters. The predicted molar refractivity (Wildman–Crippen MR) is 92.3 cm³/mol. The molecule has 5 heteroatoms. The molecule has 5 nitrogen and oxygen atoms in total. The zero-order valence-electron chi connectivity index (χ0n) is 14.5. The number of nitrogens with zero attached hydrogens (tertiary/aromatic N) is 1. The van der Waals surface area contributed by atoms with Gasteiger partial charge in [-0.25, -0.2) is 0 Å². The number of piperidine rings is 1. The highest BCUT2D eigenvalue weighted by Crippen LogP contribution is 2.41. The molecule has 0 aromatic rings. The minimum Gasteiger partial charge on any atom is -0.396 e. The van der Waals surface area contributed by atoms with Crippen LogP contribution in [0.25, 0.3) is 0 Å². The number of aliphatic hydroxyl groups is 3. The van der Waals surface area contributed by atoms with Gasteiger partial charge in [-0.3, -0.25) is 0 Å². The average molecular weight is 328 g/mol. The molecule has 1 saturated heterocycles. The van der Waals surface area contributed by atoms with Crippen molar-refractivity contribution in [1.82, 2.24) is 10.2 Å². The fraction of sp³-hybridized carbons (Fsp3) is 1.00. The molecule has 3 atom stereocenters. The molecule has 2 aliphatic rings. The van der Waals surface area contributed by atoms with Crippen LogP contribution in [0.15, 0.2) is 0 Å². The lowest BCUT2D eigenvalue weighted by atomic mass is 9.97. The molecule has 1 aliphatic heterocycles. The van der Waals surface area contributed by atoms with Crippen LogP contribution in [0.5, 0.6) is 0 Å². The summed E-state index contributed by atoms with van der Waals surface area (Å²) in [7, 11) is 0. The molecule has 1 saturated carbocycles. The highest BCUT2D eigenvalue weighted by molar-refractivity contribution is 4.89. The van der Waals surface area contributed by atoms with Crippen LogP contribution in [-0.4, -0.2) is 72.3 Å². The third-order valence-corrected chi connectivity index (χ3v) is 5.51. The van der Waals surface area contributed by atoms with E-state index in [0.29, 0.717) is 13.0 Å². The van der Waals surface area contributed by atoms with Gasteiger partial charge in [0, 0.05) is 26.3 Å². The molecule has 0 radical (unpaired) electrons. The van der Waals surface area contributed by atoms with Crippen molar-refractivity contribution in [3.63, 3.8) is 0 Å². The molecule has 2 fully saturated rings. The molecular formula is C18H36N2O3. The summed E-state index contributed by atoms with van der Waals surface area (Å²) < 4.78 is 0. The Hall–Kier alpha value is -0.200. The maximum absolute atomic E-state index is 9.78. The molecule has 0 aromatic heterocycles. The van der Waals surface area contributed by atoms with Gasteiger partial charge in [-0.1, -0.05) is 0 Å². The van der Waals surface area contributed by atoms with Crippen molar-refractivity contribution in [3.05, 3.63) is 0 Å². The van der Waals surface area contributed by atoms with E-state index in [9.17, 15) is 5.11 Å². The Balaban J connectivity index is 1.71. The third-order valence-electron chi connectivity index (χ3n) is 5.51. The van der Waals surface area contributed by atoms with Crippen LogP contribution in [0, 0.1) is 17.8 Å². The van der Waals surface area contributed by atoms with Crippen molar-refractivity contribution in [2.24, 2.45) is 17.8 Å². The van der Waals surface area contributed by atoms with Crippen LogP contribution in [0.1, 0.15) is 44.9 Å². The molecule has 1 heterocycles. The van der Waals surface area contributed by atoms with Crippen LogP contribution < -0.4 is 5.32 Å². The first-order chi connectivity index (χ1) is 11.2. The first-order valence-electron chi connectivity index (χ1n) is 9.55. The Morgan fingerprint density at radius 2 is 1.78 bits per heavy atom. The Labute approximate surface area is 141 Å². The number of hydrogen-bond acceptors (Lipinski definition) is 5. The maximum atomic E-state index is 9.78. The number of rotatable bonds is 12. The minimum absolute atomic E-state index is 0.0743. The molecular weight excluding hydrogens is 292 g/mol. The van der Waals surface area contributed by atoms with Gasteiger partial charge in [0.25, 0.3) is 0 Å². The van der Waals surface area contributed by atoms with Crippen molar-refractivity contribution in [1.29, 1.82) is 0 Å². The molecule has 0 spiro atoms. The van der Waals surface area contributed by atoms with E-state index in [4.69, 9.17) is 10.2 Å². The first kappa shape index (κ1) is 19.1. The number of hydrogen-bond donors (Lipinski definition) is 4. The first-order valence-corrected chi connectivity index (χ1v) is 9.55. The molecule has 136 valence electrons. The van der Waals surface area contributed by atoms with E-state index in [1.807, 2.05) is 0 Å². The summed E-state index contributed by atoms with van der Waals surface area (Å²) in [6.07, 6.45) is 6.71. The van der Waals surface area contributed by atoms with Gasteiger partial charge in [0.15, 0.2) is 0 Å². The van der Waals surface area contributed by atoms with Crippen LogP contribution in [0.3, 0.4) is 0 Å². The van der Waals surface area contributed by atoms with Crippen molar-refractivity contribution in [2.45, 2.75) is 51.0 Å². The predicted octanol–water partition coefficient (Wildman–Crippen LogP) is 0.830. The van der Waals surface area contributed by atoms with Gasteiger partial charge in [0.1, 0.15) is 0 Å². The van der Waals surface area contributed by atoms with E-state index >= 15 is 0 Å². The third kappa shape index (κ3) is 7.48. The van der Waals surface area contributed by atoms with Gasteiger partial charge in [-0.05, 0) is 82.3 Å². The minimum atomic E-state index is -0.358. The molecule has 0 aromatic carbocycles. The zero-order valence-corrected chi connectivity index (χ0v) is 14.5. The summed E-state index contributed by atoms with van der Waals surface area (Å²) in [5.41, 5.74) is 0. The van der Waals surface area contributed by atoms with Crippen LogP contribution in [0.2, 0.25) is 0 Å². The number of aliphatic hydroxyl groups excluding tert-OH is 3. The highest BCUT2D eigenvalue weighted by atomic mass is 16.3. The molecule has 2 rings (SSSR count). The van der Waals surface area contributed by atoms with Crippen molar-refractivity contribution >= 4 is 0 Å². The van der Waals surface area contributed by atoms with E-state index in [1.165, 1.54) is 25.8 Å². The van der Waals surface area contributed by atoms with Gasteiger partial charge in [0.2, 0.25) is 0 Å². The monoisotopic (exact) mass is 328 g/mol. The van der Waals surface area contributed by atoms with Crippen molar-refractivity contribution in [3.8, 4) is 0 Å². The zero-order chi connectivity index (χ0) is 16.5. The van der Waals surface area contributed by atoms with Gasteiger partial charge < -0.3 is 25.5 Å². The van der Waals surface area contributed by atoms with E-state index in [1.54, 1.807) is 0 Å². The van der Waals surface area contributed by atoms with E-state index < -0.39 is 0 Å². The lowest BCUT2D eigenvalue weighted by Gasteiger charge is -2.30. The summed E-state index contributed by atoms with van der Waals surface area (Å²) in [5.74, 6) is 2.30. The van der Waals surface area contributed by atoms with Crippen molar-refractivity contribution in [2.75, 3.05) is 45.9 Å². The SMILES string of the molecule is OCCC(O)CCCN(CC1CCNCC1)CC1CC1CCO. The van der Waals surface area contributed by atoms with Crippen LogP contribution in [-0.2, 0) is 0 Å². The van der Waals surface area contributed by atoms with Gasteiger partial charge in [-0.2, -0.15) is 0 Å². The molecule has 4 N–H and O–H groups in total. The smallest absolute Gasteiger partial charge is 0.0562 e. The quantitative estimate of drug-likeness (QED) is 0.427. The van der Waals surface area contributed by atoms with E-state index in [-0.39, 0.29) is 12.7 Å². The highest BCUT2D eigenvalue weighted by Gasteiger charge is 2.37. The van der Waals surface area contributed by atoms with Crippen molar-refractivity contribution < 1.29 is 15.3 Å². The number of nitrogens with one attached hydrogen (secondary N) is 1. The second-order valence-electron chi connectivity index (χ2n) is 7.53. The second kappa shape index (κ2) is 10.6. The van der Waals surface area contributed by atoms with E-state index in [0.717, 1.165) is 63.2 Å². The molecule has 1 aliphatic carbocycles. The van der Waals surface area contributed by atoms with Crippen LogP contribution in [0.4, 0.5) is 0 Å². The Kier molecular flexibility index (Phi) is 8.83. The van der Waals surface area contributed by atoms with E-state index in [2.05, 4.69) is 10.2 Å². The summed E-state index contributed by atoms with van der Waals surface area (Å²) in [5, 5.41) is 31.2. The van der Waals surface area contributed by atoms with Gasteiger partial charge in [0.05, 0.1) is 6.10 Å². The summed E-state index contributed by atoms with van der Waals surface area (Å²) >= 11 is 0. The Morgan fingerprint density at radius 1 is 1.00 bits per heavy atom. The molecule has 0 bridgehead atoms. The molecule has 23 heavy (non-hydrogen) atoms. The standard InChI is InChI=1S/C18H36N2O3/c21-10-5-16-12-17(16)14-20(9-1-2-18(23)6-11-22)13-15-3-7-19-8-4-15/h15-19,21-23H,1-14H2.